The van der Waals surface area contributed by atoms with E-state index in [0.29, 0.717) is 24.7 Å². The summed E-state index contributed by atoms with van der Waals surface area (Å²) in [5.74, 6) is 0. The molecule has 3 rings (SSSR count). The number of anilines is 1. The average molecular weight is 346 g/mol. The van der Waals surface area contributed by atoms with Crippen LogP contribution in [0.3, 0.4) is 0 Å². The van der Waals surface area contributed by atoms with Crippen LogP contribution in [0.25, 0.3) is 10.2 Å². The molecule has 2 aromatic rings. The van der Waals surface area contributed by atoms with Crippen molar-refractivity contribution in [1.29, 1.82) is 0 Å². The molecule has 0 unspecified atom stereocenters. The largest absolute Gasteiger partial charge is 0.347 e. The van der Waals surface area contributed by atoms with Crippen LogP contribution < -0.4 is 4.90 Å². The molecule has 1 saturated heterocycles. The molecule has 2 heterocycles. The second kappa shape index (κ2) is 5.72. The fraction of sp³-hybridized carbons (Fsp3) is 0.462. The number of rotatable bonds is 2. The van der Waals surface area contributed by atoms with Crippen LogP contribution in [0.2, 0.25) is 5.02 Å². The molecule has 1 aliphatic heterocycles. The molecule has 1 aromatic carbocycles. The van der Waals surface area contributed by atoms with E-state index >= 15 is 0 Å². The molecule has 0 amide bonds. The SMILES string of the molecule is CS(=O)(=O)N1CCCN(c2nc3ccc(Cl)cc3s2)CC1. The zero-order chi connectivity index (χ0) is 15.0. The second-order valence-corrected chi connectivity index (χ2v) is 8.54. The molecular weight excluding hydrogens is 330 g/mol. The van der Waals surface area contributed by atoms with E-state index in [9.17, 15) is 8.42 Å². The Bertz CT molecular complexity index is 760. The van der Waals surface area contributed by atoms with Gasteiger partial charge in [0.15, 0.2) is 5.13 Å². The highest BCUT2D eigenvalue weighted by atomic mass is 35.5. The van der Waals surface area contributed by atoms with Crippen molar-refractivity contribution in [3.63, 3.8) is 0 Å². The molecule has 5 nitrogen and oxygen atoms in total. The van der Waals surface area contributed by atoms with Gasteiger partial charge in [0.2, 0.25) is 10.0 Å². The van der Waals surface area contributed by atoms with Gasteiger partial charge >= 0.3 is 0 Å². The molecule has 0 radical (unpaired) electrons. The van der Waals surface area contributed by atoms with Gasteiger partial charge in [0.05, 0.1) is 16.5 Å². The van der Waals surface area contributed by atoms with Crippen molar-refractivity contribution in [3.8, 4) is 0 Å². The summed E-state index contributed by atoms with van der Waals surface area (Å²) in [7, 11) is -3.11. The van der Waals surface area contributed by atoms with Gasteiger partial charge in [-0.1, -0.05) is 22.9 Å². The van der Waals surface area contributed by atoms with E-state index in [1.807, 2.05) is 18.2 Å². The summed E-state index contributed by atoms with van der Waals surface area (Å²) in [6, 6.07) is 5.66. The summed E-state index contributed by atoms with van der Waals surface area (Å²) in [6.07, 6.45) is 2.08. The highest BCUT2D eigenvalue weighted by Gasteiger charge is 2.22. The molecule has 1 aromatic heterocycles. The first-order chi connectivity index (χ1) is 9.93. The Kier molecular flexibility index (Phi) is 4.09. The minimum Gasteiger partial charge on any atom is -0.347 e. The van der Waals surface area contributed by atoms with E-state index in [1.54, 1.807) is 11.3 Å². The van der Waals surface area contributed by atoms with E-state index < -0.39 is 10.0 Å². The van der Waals surface area contributed by atoms with Crippen molar-refractivity contribution in [1.82, 2.24) is 9.29 Å². The molecule has 0 spiro atoms. The van der Waals surface area contributed by atoms with E-state index in [-0.39, 0.29) is 0 Å². The average Bonchev–Trinajstić information content (AvgIpc) is 2.65. The Balaban J connectivity index is 1.82. The monoisotopic (exact) mass is 345 g/mol. The quantitative estimate of drug-likeness (QED) is 0.838. The summed E-state index contributed by atoms with van der Waals surface area (Å²) < 4.78 is 25.9. The lowest BCUT2D eigenvalue weighted by Crippen LogP contribution is -2.34. The predicted molar refractivity (Wildman–Crippen MR) is 87.9 cm³/mol. The van der Waals surface area contributed by atoms with Gasteiger partial charge < -0.3 is 4.90 Å². The number of sulfonamides is 1. The standard InChI is InChI=1S/C13H16ClN3O2S2/c1-21(18,19)17-6-2-5-16(7-8-17)13-15-11-4-3-10(14)9-12(11)20-13/h3-4,9H,2,5-8H2,1H3. The maximum absolute atomic E-state index is 11.6. The Labute approximate surface area is 133 Å². The minimum absolute atomic E-state index is 0.509. The van der Waals surface area contributed by atoms with Gasteiger partial charge in [-0.15, -0.1) is 0 Å². The lowest BCUT2D eigenvalue weighted by molar-refractivity contribution is 0.437. The number of aromatic nitrogens is 1. The fourth-order valence-electron chi connectivity index (χ4n) is 2.44. The summed E-state index contributed by atoms with van der Waals surface area (Å²) in [5.41, 5.74) is 0.934. The van der Waals surface area contributed by atoms with Crippen LogP contribution >= 0.6 is 22.9 Å². The first-order valence-corrected chi connectivity index (χ1v) is 9.74. The number of fused-ring (bicyclic) bond motifs is 1. The smallest absolute Gasteiger partial charge is 0.211 e. The number of hydrogen-bond acceptors (Lipinski definition) is 5. The number of thiazole rings is 1. The van der Waals surface area contributed by atoms with Crippen LogP contribution in [0.4, 0.5) is 5.13 Å². The lowest BCUT2D eigenvalue weighted by atomic mass is 10.3. The molecule has 0 saturated carbocycles. The summed E-state index contributed by atoms with van der Waals surface area (Å²) in [6.45, 7) is 2.57. The molecule has 8 heteroatoms. The third-order valence-corrected chi connectivity index (χ3v) is 6.15. The molecule has 0 N–H and O–H groups in total. The molecule has 21 heavy (non-hydrogen) atoms. The Morgan fingerprint density at radius 3 is 2.81 bits per heavy atom. The van der Waals surface area contributed by atoms with Gasteiger partial charge in [0.25, 0.3) is 0 Å². The van der Waals surface area contributed by atoms with Crippen molar-refractivity contribution < 1.29 is 8.42 Å². The van der Waals surface area contributed by atoms with E-state index in [2.05, 4.69) is 9.88 Å². The maximum Gasteiger partial charge on any atom is 0.211 e. The number of nitrogens with zero attached hydrogens (tertiary/aromatic N) is 3. The normalized spacial score (nSPS) is 18.1. The Morgan fingerprint density at radius 1 is 1.24 bits per heavy atom. The lowest BCUT2D eigenvalue weighted by Gasteiger charge is -2.19. The zero-order valence-electron chi connectivity index (χ0n) is 11.6. The summed E-state index contributed by atoms with van der Waals surface area (Å²) in [5, 5.41) is 1.64. The number of hydrogen-bond donors (Lipinski definition) is 0. The van der Waals surface area contributed by atoms with E-state index in [4.69, 9.17) is 11.6 Å². The van der Waals surface area contributed by atoms with Gasteiger partial charge in [0.1, 0.15) is 0 Å². The summed E-state index contributed by atoms with van der Waals surface area (Å²) >= 11 is 7.60. The van der Waals surface area contributed by atoms with Crippen LogP contribution in [0.15, 0.2) is 18.2 Å². The summed E-state index contributed by atoms with van der Waals surface area (Å²) in [4.78, 5) is 6.78. The molecular formula is C13H16ClN3O2S2. The van der Waals surface area contributed by atoms with E-state index in [0.717, 1.165) is 28.3 Å². The number of benzene rings is 1. The van der Waals surface area contributed by atoms with Crippen molar-refractivity contribution in [2.24, 2.45) is 0 Å². The van der Waals surface area contributed by atoms with Crippen molar-refractivity contribution in [2.75, 3.05) is 37.3 Å². The molecule has 0 atom stereocenters. The van der Waals surface area contributed by atoms with Gasteiger partial charge in [0, 0.05) is 31.2 Å². The minimum atomic E-state index is -3.11. The van der Waals surface area contributed by atoms with Crippen LogP contribution in [0.5, 0.6) is 0 Å². The van der Waals surface area contributed by atoms with Gasteiger partial charge in [-0.2, -0.15) is 0 Å². The van der Waals surface area contributed by atoms with Crippen LogP contribution in [-0.2, 0) is 10.0 Å². The van der Waals surface area contributed by atoms with Gasteiger partial charge in [-0.3, -0.25) is 0 Å². The molecule has 114 valence electrons. The fourth-order valence-corrected chi connectivity index (χ4v) is 4.61. The van der Waals surface area contributed by atoms with Crippen LogP contribution in [0, 0.1) is 0 Å². The van der Waals surface area contributed by atoms with Crippen LogP contribution in [0.1, 0.15) is 6.42 Å². The third kappa shape index (κ3) is 3.31. The van der Waals surface area contributed by atoms with Gasteiger partial charge in [-0.05, 0) is 24.6 Å². The predicted octanol–water partition coefficient (Wildman–Crippen LogP) is 2.42. The van der Waals surface area contributed by atoms with Crippen LogP contribution in [-0.4, -0.2) is 50.1 Å². The Morgan fingerprint density at radius 2 is 2.05 bits per heavy atom. The molecule has 1 aliphatic rings. The molecule has 0 bridgehead atoms. The van der Waals surface area contributed by atoms with Crippen molar-refractivity contribution >= 4 is 48.3 Å². The molecule has 0 aliphatic carbocycles. The zero-order valence-corrected chi connectivity index (χ0v) is 14.0. The van der Waals surface area contributed by atoms with Gasteiger partial charge in [-0.25, -0.2) is 17.7 Å². The number of halogens is 1. The first kappa shape index (κ1) is 15.0. The first-order valence-electron chi connectivity index (χ1n) is 6.70. The highest BCUT2D eigenvalue weighted by Crippen LogP contribution is 2.31. The topological polar surface area (TPSA) is 53.5 Å². The maximum atomic E-state index is 11.6. The highest BCUT2D eigenvalue weighted by molar-refractivity contribution is 7.88. The van der Waals surface area contributed by atoms with Crippen molar-refractivity contribution in [3.05, 3.63) is 23.2 Å². The third-order valence-electron chi connectivity index (χ3n) is 3.53. The second-order valence-electron chi connectivity index (χ2n) is 5.11. The van der Waals surface area contributed by atoms with E-state index in [1.165, 1.54) is 10.6 Å². The Hall–Kier alpha value is -0.890. The molecule has 1 fully saturated rings. The van der Waals surface area contributed by atoms with Crippen molar-refractivity contribution in [2.45, 2.75) is 6.42 Å².